The Bertz CT molecular complexity index is 457. The molecule has 1 aromatic heterocycles. The highest BCUT2D eigenvalue weighted by Crippen LogP contribution is 2.18. The van der Waals surface area contributed by atoms with Crippen LogP contribution in [0.25, 0.3) is 0 Å². The summed E-state index contributed by atoms with van der Waals surface area (Å²) >= 11 is 5.72. The number of hydrogen-bond donors (Lipinski definition) is 1. The van der Waals surface area contributed by atoms with Crippen LogP contribution in [-0.4, -0.2) is 9.97 Å². The van der Waals surface area contributed by atoms with Crippen LogP contribution in [0.4, 0.5) is 11.5 Å². The van der Waals surface area contributed by atoms with E-state index in [-0.39, 0.29) is 5.28 Å². The molecule has 1 N–H and O–H groups in total. The number of rotatable bonds is 2. The van der Waals surface area contributed by atoms with Gasteiger partial charge in [0, 0.05) is 17.4 Å². The van der Waals surface area contributed by atoms with Gasteiger partial charge in [-0.2, -0.15) is 0 Å². The van der Waals surface area contributed by atoms with Crippen molar-refractivity contribution in [3.8, 4) is 0 Å². The molecule has 4 heteroatoms. The highest BCUT2D eigenvalue weighted by molar-refractivity contribution is 6.28. The molecule has 0 fully saturated rings. The minimum absolute atomic E-state index is 0.249. The molecule has 0 radical (unpaired) electrons. The average Bonchev–Trinajstić information content (AvgIpc) is 2.25. The number of benzene rings is 1. The molecular formula is C11H10ClN3. The van der Waals surface area contributed by atoms with E-state index in [4.69, 9.17) is 11.6 Å². The lowest BCUT2D eigenvalue weighted by Gasteiger charge is -2.07. The maximum absolute atomic E-state index is 5.72. The third kappa shape index (κ3) is 2.44. The zero-order chi connectivity index (χ0) is 10.7. The number of para-hydroxylation sites is 1. The van der Waals surface area contributed by atoms with E-state index in [1.807, 2.05) is 37.3 Å². The quantitative estimate of drug-likeness (QED) is 0.789. The fourth-order valence-electron chi connectivity index (χ4n) is 1.21. The highest BCUT2D eigenvalue weighted by Gasteiger charge is 2.01. The van der Waals surface area contributed by atoms with Crippen LogP contribution >= 0.6 is 11.6 Å². The Balaban J connectivity index is 2.28. The van der Waals surface area contributed by atoms with Gasteiger partial charge in [0.2, 0.25) is 5.28 Å². The summed E-state index contributed by atoms with van der Waals surface area (Å²) < 4.78 is 0. The predicted octanol–water partition coefficient (Wildman–Crippen LogP) is 3.18. The van der Waals surface area contributed by atoms with Crippen molar-refractivity contribution in [1.29, 1.82) is 0 Å². The number of nitrogens with zero attached hydrogens (tertiary/aromatic N) is 2. The summed E-state index contributed by atoms with van der Waals surface area (Å²) in [4.78, 5) is 8.01. The average molecular weight is 220 g/mol. The van der Waals surface area contributed by atoms with Gasteiger partial charge in [-0.05, 0) is 30.7 Å². The number of hydrogen-bond acceptors (Lipinski definition) is 3. The van der Waals surface area contributed by atoms with Gasteiger partial charge in [-0.15, -0.1) is 0 Å². The van der Waals surface area contributed by atoms with E-state index in [9.17, 15) is 0 Å². The second kappa shape index (κ2) is 4.28. The Morgan fingerprint density at radius 3 is 2.67 bits per heavy atom. The van der Waals surface area contributed by atoms with E-state index in [2.05, 4.69) is 15.3 Å². The van der Waals surface area contributed by atoms with Gasteiger partial charge in [-0.1, -0.05) is 18.2 Å². The van der Waals surface area contributed by atoms with Gasteiger partial charge >= 0.3 is 0 Å². The summed E-state index contributed by atoms with van der Waals surface area (Å²) in [6, 6.07) is 9.82. The molecule has 0 bridgehead atoms. The lowest BCUT2D eigenvalue weighted by molar-refractivity contribution is 1.13. The van der Waals surface area contributed by atoms with Crippen molar-refractivity contribution in [1.82, 2.24) is 9.97 Å². The maximum atomic E-state index is 5.72. The number of halogens is 1. The Morgan fingerprint density at radius 1 is 1.20 bits per heavy atom. The van der Waals surface area contributed by atoms with Crippen molar-refractivity contribution in [3.05, 3.63) is 47.4 Å². The van der Waals surface area contributed by atoms with E-state index in [0.29, 0.717) is 0 Å². The van der Waals surface area contributed by atoms with Crippen molar-refractivity contribution >= 4 is 23.1 Å². The summed E-state index contributed by atoms with van der Waals surface area (Å²) in [6.45, 7) is 1.93. The number of anilines is 2. The molecule has 0 aliphatic heterocycles. The van der Waals surface area contributed by atoms with E-state index in [0.717, 1.165) is 17.1 Å². The molecule has 2 rings (SSSR count). The molecule has 0 amide bonds. The molecular weight excluding hydrogens is 210 g/mol. The number of aryl methyl sites for hydroxylation is 1. The van der Waals surface area contributed by atoms with Crippen molar-refractivity contribution in [3.63, 3.8) is 0 Å². The first kappa shape index (κ1) is 9.93. The third-order valence-electron chi connectivity index (χ3n) is 1.98. The topological polar surface area (TPSA) is 37.8 Å². The Hall–Kier alpha value is -1.61. The highest BCUT2D eigenvalue weighted by atomic mass is 35.5. The van der Waals surface area contributed by atoms with Crippen LogP contribution in [0.1, 0.15) is 5.56 Å². The molecule has 0 saturated carbocycles. The van der Waals surface area contributed by atoms with Crippen LogP contribution in [-0.2, 0) is 0 Å². The molecule has 0 atom stereocenters. The molecule has 1 heterocycles. The summed E-state index contributed by atoms with van der Waals surface area (Å²) in [5.74, 6) is 0.737. The van der Waals surface area contributed by atoms with E-state index in [1.165, 1.54) is 0 Å². The second-order valence-electron chi connectivity index (χ2n) is 3.16. The van der Waals surface area contributed by atoms with Gasteiger partial charge in [0.05, 0.1) is 0 Å². The zero-order valence-electron chi connectivity index (χ0n) is 8.24. The summed E-state index contributed by atoms with van der Waals surface area (Å²) in [6.07, 6.45) is 1.70. The monoisotopic (exact) mass is 219 g/mol. The predicted molar refractivity (Wildman–Crippen MR) is 61.5 cm³/mol. The number of nitrogens with one attached hydrogen (secondary N) is 1. The van der Waals surface area contributed by atoms with E-state index < -0.39 is 0 Å². The zero-order valence-corrected chi connectivity index (χ0v) is 8.99. The molecule has 0 unspecified atom stereocenters. The molecule has 2 aromatic rings. The van der Waals surface area contributed by atoms with E-state index in [1.54, 1.807) is 6.20 Å². The number of aromatic nitrogens is 2. The minimum atomic E-state index is 0.249. The molecule has 76 valence electrons. The van der Waals surface area contributed by atoms with Crippen LogP contribution in [0, 0.1) is 6.92 Å². The van der Waals surface area contributed by atoms with Gasteiger partial charge in [-0.25, -0.2) is 9.97 Å². The SMILES string of the molecule is Cc1cnc(Cl)nc1Nc1ccccc1. The standard InChI is InChI=1S/C11H10ClN3/c1-8-7-13-11(12)15-10(8)14-9-5-3-2-4-6-9/h2-7H,1H3,(H,13,14,15). The summed E-state index contributed by atoms with van der Waals surface area (Å²) in [5, 5.41) is 3.43. The van der Waals surface area contributed by atoms with E-state index >= 15 is 0 Å². The van der Waals surface area contributed by atoms with Crippen molar-refractivity contribution in [2.75, 3.05) is 5.32 Å². The van der Waals surface area contributed by atoms with Gasteiger partial charge in [0.1, 0.15) is 5.82 Å². The molecule has 3 nitrogen and oxygen atoms in total. The first-order valence-corrected chi connectivity index (χ1v) is 4.95. The normalized spacial score (nSPS) is 10.0. The molecule has 15 heavy (non-hydrogen) atoms. The first-order chi connectivity index (χ1) is 7.25. The minimum Gasteiger partial charge on any atom is -0.340 e. The van der Waals surface area contributed by atoms with Crippen molar-refractivity contribution < 1.29 is 0 Å². The maximum Gasteiger partial charge on any atom is 0.224 e. The third-order valence-corrected chi connectivity index (χ3v) is 2.16. The summed E-state index contributed by atoms with van der Waals surface area (Å²) in [5.41, 5.74) is 1.94. The van der Waals surface area contributed by atoms with Crippen molar-refractivity contribution in [2.24, 2.45) is 0 Å². The second-order valence-corrected chi connectivity index (χ2v) is 3.50. The molecule has 0 aliphatic carbocycles. The fraction of sp³-hybridized carbons (Fsp3) is 0.0909. The lowest BCUT2D eigenvalue weighted by Crippen LogP contribution is -1.97. The van der Waals surface area contributed by atoms with Gasteiger partial charge in [0.25, 0.3) is 0 Å². The Morgan fingerprint density at radius 2 is 1.93 bits per heavy atom. The lowest BCUT2D eigenvalue weighted by atomic mass is 10.3. The Labute approximate surface area is 93.1 Å². The van der Waals surface area contributed by atoms with Crippen LogP contribution in [0.2, 0.25) is 5.28 Å². The molecule has 0 saturated heterocycles. The fourth-order valence-corrected chi connectivity index (χ4v) is 1.34. The van der Waals surface area contributed by atoms with Gasteiger partial charge in [-0.3, -0.25) is 0 Å². The van der Waals surface area contributed by atoms with Crippen LogP contribution in [0.15, 0.2) is 36.5 Å². The molecule has 1 aromatic carbocycles. The smallest absolute Gasteiger partial charge is 0.224 e. The Kier molecular flexibility index (Phi) is 2.83. The van der Waals surface area contributed by atoms with Crippen LogP contribution in [0.5, 0.6) is 0 Å². The van der Waals surface area contributed by atoms with Crippen LogP contribution < -0.4 is 5.32 Å². The first-order valence-electron chi connectivity index (χ1n) is 4.57. The van der Waals surface area contributed by atoms with Crippen molar-refractivity contribution in [2.45, 2.75) is 6.92 Å². The largest absolute Gasteiger partial charge is 0.340 e. The van der Waals surface area contributed by atoms with Gasteiger partial charge in [0.15, 0.2) is 0 Å². The molecule has 0 aliphatic rings. The van der Waals surface area contributed by atoms with Gasteiger partial charge < -0.3 is 5.32 Å². The van der Waals surface area contributed by atoms with Crippen LogP contribution in [0.3, 0.4) is 0 Å². The summed E-state index contributed by atoms with van der Waals surface area (Å²) in [7, 11) is 0. The molecule has 0 spiro atoms.